The number of methoxy groups -OCH3 is 2. The molecule has 0 aromatic heterocycles. The van der Waals surface area contributed by atoms with E-state index in [1.807, 2.05) is 32.0 Å². The van der Waals surface area contributed by atoms with Crippen LogP contribution in [-0.4, -0.2) is 31.4 Å². The molecule has 1 atom stereocenters. The SMILES string of the molecule is COc1ccc(C[C@H](Oc2ccccc2C(C)C)C(=O)O)c(OC)c1. The highest BCUT2D eigenvalue weighted by Crippen LogP contribution is 2.29. The number of carbonyl (C=O) groups is 1. The van der Waals surface area contributed by atoms with Gasteiger partial charge < -0.3 is 19.3 Å². The lowest BCUT2D eigenvalue weighted by Crippen LogP contribution is -2.30. The van der Waals surface area contributed by atoms with E-state index in [0.717, 1.165) is 11.1 Å². The molecule has 2 aromatic carbocycles. The third-order valence-electron chi connectivity index (χ3n) is 3.99. The summed E-state index contributed by atoms with van der Waals surface area (Å²) in [7, 11) is 3.11. The Balaban J connectivity index is 2.27. The van der Waals surface area contributed by atoms with Gasteiger partial charge in [0.05, 0.1) is 14.2 Å². The summed E-state index contributed by atoms with van der Waals surface area (Å²) in [4.78, 5) is 11.7. The van der Waals surface area contributed by atoms with Gasteiger partial charge in [-0.25, -0.2) is 4.79 Å². The highest BCUT2D eigenvalue weighted by Gasteiger charge is 2.23. The van der Waals surface area contributed by atoms with Crippen molar-refractivity contribution in [1.29, 1.82) is 0 Å². The molecule has 0 spiro atoms. The smallest absolute Gasteiger partial charge is 0.345 e. The molecule has 0 fully saturated rings. The number of benzene rings is 2. The molecule has 134 valence electrons. The molecule has 5 nitrogen and oxygen atoms in total. The van der Waals surface area contributed by atoms with Crippen molar-refractivity contribution in [1.82, 2.24) is 0 Å². The quantitative estimate of drug-likeness (QED) is 0.787. The van der Waals surface area contributed by atoms with Gasteiger partial charge in [-0.15, -0.1) is 0 Å². The Hall–Kier alpha value is -2.69. The topological polar surface area (TPSA) is 65.0 Å². The summed E-state index contributed by atoms with van der Waals surface area (Å²) >= 11 is 0. The molecular formula is C20H24O5. The minimum atomic E-state index is -1.02. The fourth-order valence-electron chi connectivity index (χ4n) is 2.62. The molecule has 0 aliphatic rings. The van der Waals surface area contributed by atoms with Crippen LogP contribution in [0.1, 0.15) is 30.9 Å². The first-order valence-electron chi connectivity index (χ1n) is 8.15. The van der Waals surface area contributed by atoms with E-state index in [1.54, 1.807) is 38.5 Å². The predicted molar refractivity (Wildman–Crippen MR) is 95.8 cm³/mol. The van der Waals surface area contributed by atoms with Crippen LogP contribution < -0.4 is 14.2 Å². The van der Waals surface area contributed by atoms with E-state index in [2.05, 4.69) is 0 Å². The van der Waals surface area contributed by atoms with Crippen molar-refractivity contribution in [2.75, 3.05) is 14.2 Å². The normalized spacial score (nSPS) is 11.9. The van der Waals surface area contributed by atoms with Crippen molar-refractivity contribution < 1.29 is 24.1 Å². The number of hydrogen-bond donors (Lipinski definition) is 1. The molecule has 0 saturated carbocycles. The summed E-state index contributed by atoms with van der Waals surface area (Å²) in [6.45, 7) is 4.09. The molecule has 0 bridgehead atoms. The maximum absolute atomic E-state index is 11.7. The second kappa shape index (κ2) is 8.42. The van der Waals surface area contributed by atoms with Gasteiger partial charge in [0.25, 0.3) is 0 Å². The molecule has 0 aliphatic carbocycles. The summed E-state index contributed by atoms with van der Waals surface area (Å²) in [5, 5.41) is 9.60. The first kappa shape index (κ1) is 18.6. The first-order valence-corrected chi connectivity index (χ1v) is 8.15. The zero-order valence-corrected chi connectivity index (χ0v) is 15.0. The molecule has 25 heavy (non-hydrogen) atoms. The van der Waals surface area contributed by atoms with Crippen molar-refractivity contribution >= 4 is 5.97 Å². The average Bonchev–Trinajstić information content (AvgIpc) is 2.61. The van der Waals surface area contributed by atoms with Crippen molar-refractivity contribution in [3.8, 4) is 17.2 Å². The molecule has 2 rings (SSSR count). The van der Waals surface area contributed by atoms with Crippen molar-refractivity contribution in [3.63, 3.8) is 0 Å². The second-order valence-electron chi connectivity index (χ2n) is 6.02. The highest BCUT2D eigenvalue weighted by molar-refractivity contribution is 5.73. The summed E-state index contributed by atoms with van der Waals surface area (Å²) in [5.74, 6) is 1.04. The van der Waals surface area contributed by atoms with Crippen LogP contribution in [0.2, 0.25) is 0 Å². The Kier molecular flexibility index (Phi) is 6.28. The summed E-state index contributed by atoms with van der Waals surface area (Å²) in [6.07, 6.45) is -0.822. The number of hydrogen-bond acceptors (Lipinski definition) is 4. The minimum Gasteiger partial charge on any atom is -0.497 e. The predicted octanol–water partition coefficient (Wildman–Crippen LogP) is 3.90. The molecule has 1 N–H and O–H groups in total. The Morgan fingerprint density at radius 1 is 1.04 bits per heavy atom. The maximum atomic E-state index is 11.7. The number of para-hydroxylation sites is 1. The number of carboxylic acid groups (broad SMARTS) is 1. The number of rotatable bonds is 8. The molecule has 2 aromatic rings. The van der Waals surface area contributed by atoms with Gasteiger partial charge in [0.15, 0.2) is 6.10 Å². The molecule has 5 heteroatoms. The largest absolute Gasteiger partial charge is 0.497 e. The van der Waals surface area contributed by atoms with Gasteiger partial charge in [-0.05, 0) is 29.2 Å². The van der Waals surface area contributed by atoms with Crippen LogP contribution in [0.15, 0.2) is 42.5 Å². The fraction of sp³-hybridized carbons (Fsp3) is 0.350. The molecule has 0 radical (unpaired) electrons. The fourth-order valence-corrected chi connectivity index (χ4v) is 2.62. The number of aliphatic carboxylic acids is 1. The van der Waals surface area contributed by atoms with Crippen LogP contribution in [-0.2, 0) is 11.2 Å². The average molecular weight is 344 g/mol. The van der Waals surface area contributed by atoms with Gasteiger partial charge in [-0.2, -0.15) is 0 Å². The third-order valence-corrected chi connectivity index (χ3v) is 3.99. The van der Waals surface area contributed by atoms with Crippen LogP contribution >= 0.6 is 0 Å². The Morgan fingerprint density at radius 3 is 2.36 bits per heavy atom. The van der Waals surface area contributed by atoms with E-state index < -0.39 is 12.1 Å². The van der Waals surface area contributed by atoms with Crippen molar-refractivity contribution in [2.24, 2.45) is 0 Å². The summed E-state index contributed by atoms with van der Waals surface area (Å²) < 4.78 is 16.4. The monoisotopic (exact) mass is 344 g/mol. The Bertz CT molecular complexity index is 724. The molecule has 0 amide bonds. The van der Waals surface area contributed by atoms with E-state index in [1.165, 1.54) is 0 Å². The lowest BCUT2D eigenvalue weighted by Gasteiger charge is -2.20. The molecular weight excluding hydrogens is 320 g/mol. The zero-order chi connectivity index (χ0) is 18.4. The lowest BCUT2D eigenvalue weighted by molar-refractivity contribution is -0.145. The summed E-state index contributed by atoms with van der Waals surface area (Å²) in [6, 6.07) is 12.8. The van der Waals surface area contributed by atoms with E-state index in [-0.39, 0.29) is 12.3 Å². The van der Waals surface area contributed by atoms with Crippen LogP contribution in [0.25, 0.3) is 0 Å². The van der Waals surface area contributed by atoms with Crippen LogP contribution in [0.5, 0.6) is 17.2 Å². The lowest BCUT2D eigenvalue weighted by atomic mass is 10.0. The van der Waals surface area contributed by atoms with Gasteiger partial charge >= 0.3 is 5.97 Å². The van der Waals surface area contributed by atoms with E-state index in [4.69, 9.17) is 14.2 Å². The van der Waals surface area contributed by atoms with Gasteiger partial charge in [0.1, 0.15) is 17.2 Å². The van der Waals surface area contributed by atoms with Gasteiger partial charge in [-0.3, -0.25) is 0 Å². The Labute approximate surface area is 148 Å². The first-order chi connectivity index (χ1) is 12.0. The Morgan fingerprint density at radius 2 is 1.76 bits per heavy atom. The molecule has 0 aliphatic heterocycles. The molecule has 0 saturated heterocycles. The van der Waals surface area contributed by atoms with Crippen LogP contribution in [0.4, 0.5) is 0 Å². The van der Waals surface area contributed by atoms with E-state index in [9.17, 15) is 9.90 Å². The minimum absolute atomic E-state index is 0.189. The number of carboxylic acids is 1. The standard InChI is InChI=1S/C20H24O5/c1-13(2)16-7-5-6-8-17(16)25-19(20(21)22)11-14-9-10-15(23-3)12-18(14)24-4/h5-10,12-13,19H,11H2,1-4H3,(H,21,22)/t19-/m0/s1. The van der Waals surface area contributed by atoms with Gasteiger partial charge in [0, 0.05) is 12.5 Å². The number of ether oxygens (including phenoxy) is 3. The van der Waals surface area contributed by atoms with E-state index in [0.29, 0.717) is 17.2 Å². The molecule has 0 unspecified atom stereocenters. The summed E-state index contributed by atoms with van der Waals surface area (Å²) in [5.41, 5.74) is 1.73. The van der Waals surface area contributed by atoms with E-state index >= 15 is 0 Å². The highest BCUT2D eigenvalue weighted by atomic mass is 16.5. The van der Waals surface area contributed by atoms with Gasteiger partial charge in [0.2, 0.25) is 0 Å². The maximum Gasteiger partial charge on any atom is 0.345 e. The van der Waals surface area contributed by atoms with Crippen molar-refractivity contribution in [3.05, 3.63) is 53.6 Å². The molecule has 0 heterocycles. The van der Waals surface area contributed by atoms with Crippen LogP contribution in [0, 0.1) is 0 Å². The second-order valence-corrected chi connectivity index (χ2v) is 6.02. The third kappa shape index (κ3) is 4.66. The van der Waals surface area contributed by atoms with Crippen molar-refractivity contribution in [2.45, 2.75) is 32.3 Å². The zero-order valence-electron chi connectivity index (χ0n) is 15.0. The van der Waals surface area contributed by atoms with Gasteiger partial charge in [-0.1, -0.05) is 38.1 Å². The van der Waals surface area contributed by atoms with Crippen LogP contribution in [0.3, 0.4) is 0 Å².